The predicted octanol–water partition coefficient (Wildman–Crippen LogP) is 3.51. The van der Waals surface area contributed by atoms with Gasteiger partial charge in [-0.2, -0.15) is 4.31 Å². The highest BCUT2D eigenvalue weighted by Crippen LogP contribution is 2.35. The molecule has 7 nitrogen and oxygen atoms in total. The predicted molar refractivity (Wildman–Crippen MR) is 121 cm³/mol. The summed E-state index contributed by atoms with van der Waals surface area (Å²) in [5.74, 6) is 0.323. The molecule has 2 aromatic carbocycles. The lowest BCUT2D eigenvalue weighted by atomic mass is 9.92. The third-order valence-corrected chi connectivity index (χ3v) is 8.10. The number of halogens is 1. The van der Waals surface area contributed by atoms with Crippen LogP contribution in [0.4, 0.5) is 4.39 Å². The molecule has 0 saturated carbocycles. The first-order chi connectivity index (χ1) is 15.8. The molecule has 0 unspecified atom stereocenters. The number of hydrogen-bond donors (Lipinski definition) is 1. The van der Waals surface area contributed by atoms with E-state index in [-0.39, 0.29) is 41.8 Å². The first-order valence-electron chi connectivity index (χ1n) is 11.2. The minimum absolute atomic E-state index is 0.105. The van der Waals surface area contributed by atoms with E-state index in [0.29, 0.717) is 37.6 Å². The summed E-state index contributed by atoms with van der Waals surface area (Å²) in [6.07, 6.45) is 0.761. The monoisotopic (exact) mass is 476 g/mol. The van der Waals surface area contributed by atoms with Crippen molar-refractivity contribution in [1.82, 2.24) is 9.62 Å². The molecule has 2 aliphatic heterocycles. The fraction of sp³-hybridized carbons (Fsp3) is 0.458. The van der Waals surface area contributed by atoms with Gasteiger partial charge in [0.25, 0.3) is 0 Å². The number of ether oxygens (including phenoxy) is 2. The van der Waals surface area contributed by atoms with E-state index in [1.165, 1.54) is 22.5 Å². The number of nitrogens with one attached hydrogen (secondary N) is 1. The van der Waals surface area contributed by atoms with Crippen molar-refractivity contribution in [3.05, 3.63) is 53.8 Å². The van der Waals surface area contributed by atoms with E-state index in [0.717, 1.165) is 11.6 Å². The van der Waals surface area contributed by atoms with Gasteiger partial charge in [-0.1, -0.05) is 32.0 Å². The van der Waals surface area contributed by atoms with Crippen molar-refractivity contribution in [2.45, 2.75) is 37.6 Å². The van der Waals surface area contributed by atoms with Gasteiger partial charge in [0.1, 0.15) is 23.9 Å². The Morgan fingerprint density at radius 2 is 1.73 bits per heavy atom. The SMILES string of the molecule is CC(C)[C@H](NC(=O)C1CCN(S(=O)(=O)c2ccccc2F)CC1)c1ccc2c(c1)OCCO2. The Balaban J connectivity index is 1.41. The molecule has 0 aliphatic carbocycles. The number of piperidine rings is 1. The first kappa shape index (κ1) is 23.5. The second kappa shape index (κ2) is 9.69. The van der Waals surface area contributed by atoms with Gasteiger partial charge in [0.2, 0.25) is 15.9 Å². The Labute approximate surface area is 193 Å². The van der Waals surface area contributed by atoms with Crippen LogP contribution in [0.5, 0.6) is 11.5 Å². The van der Waals surface area contributed by atoms with Crippen LogP contribution in [-0.4, -0.2) is 44.9 Å². The lowest BCUT2D eigenvalue weighted by Gasteiger charge is -2.32. The van der Waals surface area contributed by atoms with Gasteiger partial charge in [-0.25, -0.2) is 12.8 Å². The number of benzene rings is 2. The molecule has 1 saturated heterocycles. The normalized spacial score (nSPS) is 18.2. The van der Waals surface area contributed by atoms with E-state index < -0.39 is 15.8 Å². The Kier molecular flexibility index (Phi) is 6.90. The molecule has 4 rings (SSSR count). The zero-order valence-electron chi connectivity index (χ0n) is 18.8. The quantitative estimate of drug-likeness (QED) is 0.690. The summed E-state index contributed by atoms with van der Waals surface area (Å²) >= 11 is 0. The van der Waals surface area contributed by atoms with Gasteiger partial charge in [-0.05, 0) is 48.6 Å². The number of amides is 1. The highest BCUT2D eigenvalue weighted by molar-refractivity contribution is 7.89. The Morgan fingerprint density at radius 3 is 2.39 bits per heavy atom. The smallest absolute Gasteiger partial charge is 0.245 e. The van der Waals surface area contributed by atoms with Crippen LogP contribution < -0.4 is 14.8 Å². The van der Waals surface area contributed by atoms with E-state index in [4.69, 9.17) is 9.47 Å². The van der Waals surface area contributed by atoms with Crippen LogP contribution in [0.15, 0.2) is 47.4 Å². The molecule has 0 bridgehead atoms. The molecule has 2 aromatic rings. The maximum atomic E-state index is 14.0. The summed E-state index contributed by atoms with van der Waals surface area (Å²) in [5, 5.41) is 3.14. The fourth-order valence-corrected chi connectivity index (χ4v) is 5.85. The van der Waals surface area contributed by atoms with Crippen molar-refractivity contribution >= 4 is 15.9 Å². The minimum atomic E-state index is -3.93. The van der Waals surface area contributed by atoms with Gasteiger partial charge in [0, 0.05) is 19.0 Å². The van der Waals surface area contributed by atoms with E-state index >= 15 is 0 Å². The largest absolute Gasteiger partial charge is 0.486 e. The van der Waals surface area contributed by atoms with Gasteiger partial charge in [0.15, 0.2) is 11.5 Å². The van der Waals surface area contributed by atoms with Gasteiger partial charge in [-0.15, -0.1) is 0 Å². The molecule has 2 heterocycles. The Hall–Kier alpha value is -2.65. The molecule has 0 aromatic heterocycles. The summed E-state index contributed by atoms with van der Waals surface area (Å²) in [7, 11) is -3.93. The highest BCUT2D eigenvalue weighted by atomic mass is 32.2. The summed E-state index contributed by atoms with van der Waals surface area (Å²) in [4.78, 5) is 12.7. The summed E-state index contributed by atoms with van der Waals surface area (Å²) in [6, 6.07) is 10.8. The standard InChI is InChI=1S/C24H29FN2O5S/c1-16(2)23(18-7-8-20-21(15-18)32-14-13-31-20)26-24(28)17-9-11-27(12-10-17)33(29,30)22-6-4-3-5-19(22)25/h3-8,15-17,23H,9-14H2,1-2H3,(H,26,28)/t23-/m0/s1. The highest BCUT2D eigenvalue weighted by Gasteiger charge is 2.34. The number of rotatable bonds is 6. The molecule has 1 N–H and O–H groups in total. The van der Waals surface area contributed by atoms with Crippen molar-refractivity contribution in [3.63, 3.8) is 0 Å². The van der Waals surface area contributed by atoms with Crippen LogP contribution in [0.2, 0.25) is 0 Å². The average molecular weight is 477 g/mol. The maximum absolute atomic E-state index is 14.0. The third kappa shape index (κ3) is 4.99. The molecular weight excluding hydrogens is 447 g/mol. The van der Waals surface area contributed by atoms with Gasteiger partial charge >= 0.3 is 0 Å². The molecule has 0 radical (unpaired) electrons. The zero-order chi connectivity index (χ0) is 23.6. The molecule has 1 atom stereocenters. The number of hydrogen-bond acceptors (Lipinski definition) is 5. The molecule has 1 amide bonds. The second-order valence-corrected chi connectivity index (χ2v) is 10.6. The van der Waals surface area contributed by atoms with Crippen LogP contribution >= 0.6 is 0 Å². The topological polar surface area (TPSA) is 84.9 Å². The van der Waals surface area contributed by atoms with Crippen LogP contribution in [0, 0.1) is 17.7 Å². The number of sulfonamides is 1. The number of carbonyl (C=O) groups is 1. The van der Waals surface area contributed by atoms with Crippen LogP contribution in [0.3, 0.4) is 0 Å². The van der Waals surface area contributed by atoms with Gasteiger partial charge in [0.05, 0.1) is 6.04 Å². The molecular formula is C24H29FN2O5S. The lowest BCUT2D eigenvalue weighted by Crippen LogP contribution is -2.44. The average Bonchev–Trinajstić information content (AvgIpc) is 2.82. The lowest BCUT2D eigenvalue weighted by molar-refractivity contribution is -0.127. The van der Waals surface area contributed by atoms with E-state index in [1.54, 1.807) is 0 Å². The summed E-state index contributed by atoms with van der Waals surface area (Å²) < 4.78 is 52.2. The third-order valence-electron chi connectivity index (χ3n) is 6.17. The maximum Gasteiger partial charge on any atom is 0.245 e. The van der Waals surface area contributed by atoms with Crippen molar-refractivity contribution in [3.8, 4) is 11.5 Å². The van der Waals surface area contributed by atoms with E-state index in [9.17, 15) is 17.6 Å². The van der Waals surface area contributed by atoms with Crippen molar-refractivity contribution < 1.29 is 27.1 Å². The van der Waals surface area contributed by atoms with Crippen molar-refractivity contribution in [2.24, 2.45) is 11.8 Å². The summed E-state index contributed by atoms with van der Waals surface area (Å²) in [5.41, 5.74) is 0.933. The van der Waals surface area contributed by atoms with Crippen molar-refractivity contribution in [2.75, 3.05) is 26.3 Å². The molecule has 178 valence electrons. The van der Waals surface area contributed by atoms with Crippen LogP contribution in [-0.2, 0) is 14.8 Å². The van der Waals surface area contributed by atoms with Gasteiger partial charge in [-0.3, -0.25) is 4.79 Å². The van der Waals surface area contributed by atoms with E-state index in [1.807, 2.05) is 32.0 Å². The van der Waals surface area contributed by atoms with E-state index in [2.05, 4.69) is 5.32 Å². The molecule has 2 aliphatic rings. The zero-order valence-corrected chi connectivity index (χ0v) is 19.6. The number of nitrogens with zero attached hydrogens (tertiary/aromatic N) is 1. The van der Waals surface area contributed by atoms with Crippen molar-refractivity contribution in [1.29, 1.82) is 0 Å². The number of fused-ring (bicyclic) bond motifs is 1. The Morgan fingerprint density at radius 1 is 1.06 bits per heavy atom. The summed E-state index contributed by atoms with van der Waals surface area (Å²) in [6.45, 7) is 5.42. The first-order valence-corrected chi connectivity index (χ1v) is 12.7. The molecule has 1 fully saturated rings. The van der Waals surface area contributed by atoms with Crippen LogP contribution in [0.25, 0.3) is 0 Å². The Bertz CT molecular complexity index is 1110. The minimum Gasteiger partial charge on any atom is -0.486 e. The fourth-order valence-electron chi connectivity index (χ4n) is 4.31. The second-order valence-electron chi connectivity index (χ2n) is 8.74. The number of carbonyl (C=O) groups excluding carboxylic acids is 1. The van der Waals surface area contributed by atoms with Gasteiger partial charge < -0.3 is 14.8 Å². The molecule has 9 heteroatoms. The molecule has 33 heavy (non-hydrogen) atoms. The van der Waals surface area contributed by atoms with Crippen LogP contribution in [0.1, 0.15) is 38.3 Å². The molecule has 0 spiro atoms.